The van der Waals surface area contributed by atoms with Gasteiger partial charge >= 0.3 is 0 Å². The van der Waals surface area contributed by atoms with E-state index in [2.05, 4.69) is 10.4 Å². The maximum Gasteiger partial charge on any atom is 0.255 e. The predicted molar refractivity (Wildman–Crippen MR) is 124 cm³/mol. The normalized spacial score (nSPS) is 10.4. The van der Waals surface area contributed by atoms with Gasteiger partial charge in [-0.3, -0.25) is 9.48 Å². The van der Waals surface area contributed by atoms with Crippen molar-refractivity contribution < 1.29 is 14.3 Å². The lowest BCUT2D eigenvalue weighted by atomic mass is 10.1. The lowest BCUT2D eigenvalue weighted by Crippen LogP contribution is -2.13. The lowest BCUT2D eigenvalue weighted by Gasteiger charge is -2.08. The van der Waals surface area contributed by atoms with E-state index < -0.39 is 0 Å². The van der Waals surface area contributed by atoms with Gasteiger partial charge in [-0.1, -0.05) is 24.3 Å². The highest BCUT2D eigenvalue weighted by Gasteiger charge is 2.11. The van der Waals surface area contributed by atoms with Crippen molar-refractivity contribution in [1.82, 2.24) is 9.78 Å². The Morgan fingerprint density at radius 2 is 1.71 bits per heavy atom. The van der Waals surface area contributed by atoms with E-state index in [-0.39, 0.29) is 18.3 Å². The van der Waals surface area contributed by atoms with Gasteiger partial charge in [0.25, 0.3) is 5.91 Å². The van der Waals surface area contributed by atoms with Crippen LogP contribution in [0, 0.1) is 0 Å². The Labute approximate surface area is 186 Å². The van der Waals surface area contributed by atoms with Gasteiger partial charge in [-0.15, -0.1) is 12.4 Å². The number of hydrogen-bond acceptors (Lipinski definition) is 5. The summed E-state index contributed by atoms with van der Waals surface area (Å²) in [7, 11) is 3.21. The Bertz CT molecular complexity index is 1160. The molecule has 1 aromatic heterocycles. The number of methoxy groups -OCH3 is 2. The van der Waals surface area contributed by atoms with Gasteiger partial charge in [0, 0.05) is 23.2 Å². The maximum absolute atomic E-state index is 12.5. The molecule has 0 atom stereocenters. The largest absolute Gasteiger partial charge is 0.493 e. The van der Waals surface area contributed by atoms with E-state index in [9.17, 15) is 4.79 Å². The number of aromatic nitrogens is 2. The zero-order valence-corrected chi connectivity index (χ0v) is 18.0. The smallest absolute Gasteiger partial charge is 0.255 e. The minimum absolute atomic E-state index is 0. The van der Waals surface area contributed by atoms with E-state index in [1.54, 1.807) is 38.5 Å². The Morgan fingerprint density at radius 3 is 2.39 bits per heavy atom. The van der Waals surface area contributed by atoms with Gasteiger partial charge in [-0.2, -0.15) is 5.10 Å². The third-order valence-electron chi connectivity index (χ3n) is 4.83. The zero-order valence-electron chi connectivity index (χ0n) is 17.2. The molecule has 0 aliphatic carbocycles. The average Bonchev–Trinajstić information content (AvgIpc) is 3.15. The summed E-state index contributed by atoms with van der Waals surface area (Å²) in [6.07, 6.45) is 1.95. The van der Waals surface area contributed by atoms with Crippen LogP contribution in [0.4, 0.5) is 11.4 Å². The van der Waals surface area contributed by atoms with Crippen molar-refractivity contribution in [2.75, 3.05) is 25.3 Å². The van der Waals surface area contributed by atoms with Gasteiger partial charge in [0.15, 0.2) is 11.5 Å². The molecule has 1 amide bonds. The summed E-state index contributed by atoms with van der Waals surface area (Å²) in [4.78, 5) is 12.5. The van der Waals surface area contributed by atoms with Crippen LogP contribution >= 0.6 is 12.4 Å². The van der Waals surface area contributed by atoms with Gasteiger partial charge in [0.2, 0.25) is 0 Å². The van der Waals surface area contributed by atoms with Crippen LogP contribution in [0.5, 0.6) is 11.5 Å². The number of carbonyl (C=O) groups excluding carboxylic acids is 1. The number of ether oxygens (including phenoxy) is 2. The first-order valence-corrected chi connectivity index (χ1v) is 9.41. The summed E-state index contributed by atoms with van der Waals surface area (Å²) in [5, 5.41) is 8.39. The number of nitrogens with zero attached hydrogens (tertiary/aromatic N) is 2. The summed E-state index contributed by atoms with van der Waals surface area (Å²) in [5.41, 5.74) is 9.42. The standard InChI is InChI=1S/C23H22N4O3.ClH/c1-29-21-11-17-14-27(26-20(17)12-22(21)30-2)13-15-7-9-16(10-8-15)23(28)25-19-6-4-3-5-18(19)24;/h3-12,14H,13,24H2,1-2H3,(H,25,28);1H. The van der Waals surface area contributed by atoms with E-state index in [0.29, 0.717) is 35.0 Å². The number of nitrogens with one attached hydrogen (secondary N) is 1. The Morgan fingerprint density at radius 1 is 1.03 bits per heavy atom. The monoisotopic (exact) mass is 438 g/mol. The van der Waals surface area contributed by atoms with Crippen LogP contribution in [0.15, 0.2) is 66.9 Å². The van der Waals surface area contributed by atoms with Crippen LogP contribution in [0.3, 0.4) is 0 Å². The quantitative estimate of drug-likeness (QED) is 0.436. The molecular weight excluding hydrogens is 416 g/mol. The molecule has 0 aliphatic rings. The Kier molecular flexibility index (Phi) is 6.67. The number of nitrogens with two attached hydrogens (primary N) is 1. The molecule has 0 fully saturated rings. The second-order valence-electron chi connectivity index (χ2n) is 6.83. The van der Waals surface area contributed by atoms with E-state index in [0.717, 1.165) is 16.5 Å². The van der Waals surface area contributed by atoms with Crippen molar-refractivity contribution in [2.24, 2.45) is 0 Å². The first-order valence-electron chi connectivity index (χ1n) is 9.41. The number of rotatable bonds is 6. The highest BCUT2D eigenvalue weighted by Crippen LogP contribution is 2.31. The first-order chi connectivity index (χ1) is 14.6. The molecule has 8 heteroatoms. The number of hydrogen-bond donors (Lipinski definition) is 2. The van der Waals surface area contributed by atoms with Crippen molar-refractivity contribution in [3.63, 3.8) is 0 Å². The van der Waals surface area contributed by atoms with Gasteiger partial charge < -0.3 is 20.5 Å². The third kappa shape index (κ3) is 4.73. The molecule has 3 N–H and O–H groups in total. The summed E-state index contributed by atoms with van der Waals surface area (Å²) < 4.78 is 12.5. The second-order valence-corrected chi connectivity index (χ2v) is 6.83. The molecule has 7 nitrogen and oxygen atoms in total. The van der Waals surface area contributed by atoms with E-state index in [1.165, 1.54) is 0 Å². The predicted octanol–water partition coefficient (Wildman–Crippen LogP) is 4.36. The fraction of sp³-hybridized carbons (Fsp3) is 0.130. The number of fused-ring (bicyclic) bond motifs is 1. The molecule has 0 spiro atoms. The van der Waals surface area contributed by atoms with Gasteiger partial charge in [0.05, 0.1) is 37.7 Å². The first kappa shape index (κ1) is 22.0. The topological polar surface area (TPSA) is 91.4 Å². The molecule has 3 aromatic carbocycles. The Hall–Kier alpha value is -3.71. The van der Waals surface area contributed by atoms with E-state index in [4.69, 9.17) is 15.2 Å². The van der Waals surface area contributed by atoms with Gasteiger partial charge in [0.1, 0.15) is 0 Å². The number of benzene rings is 3. The molecule has 160 valence electrons. The molecule has 0 aliphatic heterocycles. The molecular formula is C23H23ClN4O3. The highest BCUT2D eigenvalue weighted by molar-refractivity contribution is 6.05. The number of para-hydroxylation sites is 2. The fourth-order valence-electron chi connectivity index (χ4n) is 3.24. The summed E-state index contributed by atoms with van der Waals surface area (Å²) in [6, 6.07) is 18.3. The number of halogens is 1. The molecule has 0 saturated carbocycles. The molecule has 0 unspecified atom stereocenters. The van der Waals surface area contributed by atoms with Gasteiger partial charge in [-0.25, -0.2) is 0 Å². The summed E-state index contributed by atoms with van der Waals surface area (Å²) in [6.45, 7) is 0.576. The highest BCUT2D eigenvalue weighted by atomic mass is 35.5. The molecule has 0 saturated heterocycles. The number of anilines is 2. The van der Waals surface area contributed by atoms with E-state index in [1.807, 2.05) is 47.3 Å². The molecule has 0 radical (unpaired) electrons. The molecule has 1 heterocycles. The molecule has 0 bridgehead atoms. The van der Waals surface area contributed by atoms with Crippen LogP contribution in [-0.4, -0.2) is 29.9 Å². The number of carbonyl (C=O) groups is 1. The van der Waals surface area contributed by atoms with Crippen molar-refractivity contribution in [2.45, 2.75) is 6.54 Å². The van der Waals surface area contributed by atoms with Crippen molar-refractivity contribution in [1.29, 1.82) is 0 Å². The Balaban J connectivity index is 0.00000272. The number of nitrogen functional groups attached to an aromatic ring is 1. The minimum Gasteiger partial charge on any atom is -0.493 e. The van der Waals surface area contributed by atoms with Crippen LogP contribution in [0.2, 0.25) is 0 Å². The lowest BCUT2D eigenvalue weighted by molar-refractivity contribution is 0.102. The van der Waals surface area contributed by atoms with Crippen molar-refractivity contribution in [3.8, 4) is 11.5 Å². The zero-order chi connectivity index (χ0) is 21.1. The van der Waals surface area contributed by atoms with Gasteiger partial charge in [-0.05, 0) is 35.9 Å². The van der Waals surface area contributed by atoms with Crippen LogP contribution in [0.1, 0.15) is 15.9 Å². The molecule has 31 heavy (non-hydrogen) atoms. The fourth-order valence-corrected chi connectivity index (χ4v) is 3.24. The van der Waals surface area contributed by atoms with Crippen molar-refractivity contribution in [3.05, 3.63) is 78.0 Å². The average molecular weight is 439 g/mol. The molecule has 4 rings (SSSR count). The summed E-state index contributed by atoms with van der Waals surface area (Å²) >= 11 is 0. The maximum atomic E-state index is 12.5. The van der Waals surface area contributed by atoms with E-state index >= 15 is 0 Å². The SMILES string of the molecule is COc1cc2cn(Cc3ccc(C(=O)Nc4ccccc4N)cc3)nc2cc1OC.Cl. The van der Waals surface area contributed by atoms with Crippen LogP contribution in [-0.2, 0) is 6.54 Å². The van der Waals surface area contributed by atoms with Crippen LogP contribution in [0.25, 0.3) is 10.9 Å². The summed E-state index contributed by atoms with van der Waals surface area (Å²) in [5.74, 6) is 1.10. The molecule has 4 aromatic rings. The van der Waals surface area contributed by atoms with Crippen molar-refractivity contribution >= 4 is 40.6 Å². The second kappa shape index (κ2) is 9.40. The van der Waals surface area contributed by atoms with Crippen LogP contribution < -0.4 is 20.5 Å². The minimum atomic E-state index is -0.205. The number of amides is 1. The third-order valence-corrected chi connectivity index (χ3v) is 4.83.